The van der Waals surface area contributed by atoms with Gasteiger partial charge < -0.3 is 0 Å². The number of hydrogen-bond donors (Lipinski definition) is 0. The van der Waals surface area contributed by atoms with Gasteiger partial charge in [-0.1, -0.05) is 84.9 Å². The summed E-state index contributed by atoms with van der Waals surface area (Å²) in [7, 11) is 0. The lowest BCUT2D eigenvalue weighted by Crippen LogP contribution is -1.95. The number of nitriles is 2. The minimum absolute atomic E-state index is 0.603. The molecule has 0 saturated heterocycles. The molecule has 2 heterocycles. The van der Waals surface area contributed by atoms with Gasteiger partial charge in [-0.15, -0.1) is 22.7 Å². The van der Waals surface area contributed by atoms with E-state index in [0.717, 1.165) is 44.5 Å². The van der Waals surface area contributed by atoms with E-state index in [1.54, 1.807) is 0 Å². The maximum atomic E-state index is 9.96. The van der Waals surface area contributed by atoms with Gasteiger partial charge in [0.15, 0.2) is 0 Å². The predicted molar refractivity (Wildman–Crippen MR) is 203 cm³/mol. The number of hydrogen-bond acceptors (Lipinski definition) is 4. The molecule has 9 rings (SSSR count). The van der Waals surface area contributed by atoms with Crippen molar-refractivity contribution in [1.82, 2.24) is 0 Å². The van der Waals surface area contributed by atoms with Crippen LogP contribution in [0.4, 0.5) is 0 Å². The molecular formula is C44H24N2S2. The second-order valence-corrected chi connectivity index (χ2v) is 14.1. The molecule has 2 nitrogen and oxygen atoms in total. The molecule has 2 aromatic heterocycles. The molecule has 0 N–H and O–H groups in total. The van der Waals surface area contributed by atoms with Gasteiger partial charge in [0, 0.05) is 40.3 Å². The van der Waals surface area contributed by atoms with Crippen LogP contribution < -0.4 is 0 Å². The molecule has 0 amide bonds. The molecule has 0 radical (unpaired) electrons. The molecule has 0 aliphatic carbocycles. The highest BCUT2D eigenvalue weighted by atomic mass is 32.1. The number of rotatable bonds is 4. The van der Waals surface area contributed by atoms with Crippen LogP contribution in [0.3, 0.4) is 0 Å². The zero-order chi connectivity index (χ0) is 32.2. The fourth-order valence-electron chi connectivity index (χ4n) is 6.96. The quantitative estimate of drug-likeness (QED) is 0.191. The van der Waals surface area contributed by atoms with Gasteiger partial charge in [-0.25, -0.2) is 0 Å². The molecular weight excluding hydrogens is 621 g/mol. The van der Waals surface area contributed by atoms with Crippen molar-refractivity contribution in [2.45, 2.75) is 0 Å². The highest BCUT2D eigenvalue weighted by Crippen LogP contribution is 2.48. The zero-order valence-corrected chi connectivity index (χ0v) is 27.2. The molecule has 0 bridgehead atoms. The summed E-state index contributed by atoms with van der Waals surface area (Å²) in [5, 5.41) is 24.9. The van der Waals surface area contributed by atoms with E-state index in [-0.39, 0.29) is 0 Å². The van der Waals surface area contributed by atoms with Crippen molar-refractivity contribution in [2.24, 2.45) is 0 Å². The van der Waals surface area contributed by atoms with Crippen molar-refractivity contribution in [1.29, 1.82) is 10.5 Å². The van der Waals surface area contributed by atoms with Gasteiger partial charge in [-0.05, 0) is 105 Å². The van der Waals surface area contributed by atoms with Crippen molar-refractivity contribution in [3.05, 3.63) is 157 Å². The fourth-order valence-corrected chi connectivity index (χ4v) is 9.13. The van der Waals surface area contributed by atoms with E-state index < -0.39 is 0 Å². The average Bonchev–Trinajstić information content (AvgIpc) is 3.72. The third-order valence-corrected chi connectivity index (χ3v) is 11.4. The largest absolute Gasteiger partial charge is 0.192 e. The molecule has 0 saturated carbocycles. The Kier molecular flexibility index (Phi) is 6.66. The average molecular weight is 645 g/mol. The number of benzene rings is 7. The number of fused-ring (bicyclic) bond motifs is 6. The van der Waals surface area contributed by atoms with Crippen LogP contribution in [0.1, 0.15) is 11.1 Å². The first-order valence-corrected chi connectivity index (χ1v) is 17.3. The smallest absolute Gasteiger partial charge is 0.0991 e. The van der Waals surface area contributed by atoms with Gasteiger partial charge in [0.2, 0.25) is 0 Å². The van der Waals surface area contributed by atoms with Crippen LogP contribution in [0.25, 0.3) is 84.9 Å². The van der Waals surface area contributed by atoms with Gasteiger partial charge in [0.05, 0.1) is 23.3 Å². The van der Waals surface area contributed by atoms with Gasteiger partial charge in [-0.2, -0.15) is 10.5 Å². The molecule has 7 aromatic carbocycles. The first-order chi connectivity index (χ1) is 23.7. The molecule has 0 spiro atoms. The van der Waals surface area contributed by atoms with Crippen LogP contribution in [0.2, 0.25) is 0 Å². The first-order valence-electron chi connectivity index (χ1n) is 15.7. The molecule has 9 aromatic rings. The highest BCUT2D eigenvalue weighted by molar-refractivity contribution is 7.26. The maximum absolute atomic E-state index is 9.96. The Balaban J connectivity index is 1.39. The van der Waals surface area contributed by atoms with Crippen LogP contribution in [0, 0.1) is 22.7 Å². The fraction of sp³-hybridized carbons (Fsp3) is 0. The predicted octanol–water partition coefficient (Wildman–Crippen LogP) is 12.8. The molecule has 0 aliphatic rings. The van der Waals surface area contributed by atoms with Gasteiger partial charge in [0.25, 0.3) is 0 Å². The minimum atomic E-state index is 0.603. The zero-order valence-electron chi connectivity index (χ0n) is 25.6. The monoisotopic (exact) mass is 644 g/mol. The standard InChI is InChI=1S/C44H24N2S2/c45-25-27-7-5-9-31(21-27)43-33(29-15-19-41-37(23-29)35-11-1-3-13-39(35)47-41)17-18-34(44(43)32-10-6-8-28(22-32)26-46)30-16-20-42-38(24-30)36-12-2-4-14-40(36)48-42/h1-24H. The SMILES string of the molecule is N#Cc1cccc(-c2c(-c3ccc4sc5ccccc5c4c3)ccc(-c3ccc4sc5ccccc5c4c3)c2-c2cccc(C#N)c2)c1. The molecule has 48 heavy (non-hydrogen) atoms. The summed E-state index contributed by atoms with van der Waals surface area (Å²) in [4.78, 5) is 0. The summed E-state index contributed by atoms with van der Waals surface area (Å²) in [5.41, 5.74) is 9.55. The summed E-state index contributed by atoms with van der Waals surface area (Å²) in [5.74, 6) is 0. The Morgan fingerprint density at radius 1 is 0.354 bits per heavy atom. The van der Waals surface area contributed by atoms with E-state index in [0.29, 0.717) is 11.1 Å². The molecule has 222 valence electrons. The normalized spacial score (nSPS) is 11.3. The Labute approximate surface area is 285 Å². The summed E-state index contributed by atoms with van der Waals surface area (Å²) < 4.78 is 5.05. The van der Waals surface area contributed by atoms with Crippen LogP contribution in [-0.2, 0) is 0 Å². The maximum Gasteiger partial charge on any atom is 0.0991 e. The Bertz CT molecular complexity index is 2630. The molecule has 0 unspecified atom stereocenters. The molecule has 0 fully saturated rings. The summed E-state index contributed by atoms with van der Waals surface area (Å²) in [6, 6.07) is 55.6. The van der Waals surface area contributed by atoms with Crippen LogP contribution in [0.5, 0.6) is 0 Å². The van der Waals surface area contributed by atoms with E-state index in [4.69, 9.17) is 0 Å². The third-order valence-electron chi connectivity index (χ3n) is 9.14. The highest BCUT2D eigenvalue weighted by Gasteiger charge is 2.21. The summed E-state index contributed by atoms with van der Waals surface area (Å²) >= 11 is 3.62. The Hall–Kier alpha value is -6.04. The van der Waals surface area contributed by atoms with Gasteiger partial charge in [0.1, 0.15) is 0 Å². The minimum Gasteiger partial charge on any atom is -0.192 e. The van der Waals surface area contributed by atoms with Crippen LogP contribution >= 0.6 is 22.7 Å². The Morgan fingerprint density at radius 3 is 1.25 bits per heavy atom. The van der Waals surface area contributed by atoms with E-state index in [1.165, 1.54) is 40.3 Å². The summed E-state index contributed by atoms with van der Waals surface area (Å²) in [6.45, 7) is 0. The lowest BCUT2D eigenvalue weighted by Gasteiger charge is -2.21. The van der Waals surface area contributed by atoms with Crippen LogP contribution in [0.15, 0.2) is 146 Å². The summed E-state index contributed by atoms with van der Waals surface area (Å²) in [6.07, 6.45) is 0. The van der Waals surface area contributed by atoms with E-state index in [1.807, 2.05) is 59.1 Å². The topological polar surface area (TPSA) is 47.6 Å². The van der Waals surface area contributed by atoms with E-state index >= 15 is 0 Å². The van der Waals surface area contributed by atoms with Crippen molar-refractivity contribution in [2.75, 3.05) is 0 Å². The molecule has 0 atom stereocenters. The van der Waals surface area contributed by atoms with Gasteiger partial charge in [-0.3, -0.25) is 0 Å². The van der Waals surface area contributed by atoms with E-state index in [9.17, 15) is 10.5 Å². The first kappa shape index (κ1) is 28.2. The van der Waals surface area contributed by atoms with Crippen molar-refractivity contribution in [3.63, 3.8) is 0 Å². The molecule has 4 heteroatoms. The second-order valence-electron chi connectivity index (χ2n) is 11.9. The van der Waals surface area contributed by atoms with Crippen molar-refractivity contribution in [3.8, 4) is 56.6 Å². The lowest BCUT2D eigenvalue weighted by atomic mass is 9.82. The van der Waals surface area contributed by atoms with Crippen molar-refractivity contribution < 1.29 is 0 Å². The van der Waals surface area contributed by atoms with Gasteiger partial charge >= 0.3 is 0 Å². The number of nitrogens with zero attached hydrogens (tertiary/aromatic N) is 2. The van der Waals surface area contributed by atoms with Crippen LogP contribution in [-0.4, -0.2) is 0 Å². The second kappa shape index (κ2) is 11.3. The lowest BCUT2D eigenvalue weighted by molar-refractivity contribution is 1.47. The third kappa shape index (κ3) is 4.59. The number of thiophene rings is 2. The van der Waals surface area contributed by atoms with E-state index in [2.05, 4.69) is 121 Å². The molecule has 0 aliphatic heterocycles. The van der Waals surface area contributed by atoms with Crippen molar-refractivity contribution >= 4 is 63.0 Å². The Morgan fingerprint density at radius 2 is 0.792 bits per heavy atom.